The summed E-state index contributed by atoms with van der Waals surface area (Å²) in [6.07, 6.45) is 1.80. The molecule has 20 heavy (non-hydrogen) atoms. The molecule has 1 heterocycles. The summed E-state index contributed by atoms with van der Waals surface area (Å²) in [7, 11) is 0. The highest BCUT2D eigenvalue weighted by atomic mass is 79.9. The fourth-order valence-electron chi connectivity index (χ4n) is 1.47. The molecule has 0 aliphatic rings. The van der Waals surface area contributed by atoms with Gasteiger partial charge in [-0.25, -0.2) is 5.43 Å². The first kappa shape index (κ1) is 14.3. The summed E-state index contributed by atoms with van der Waals surface area (Å²) in [5.41, 5.74) is 4.01. The number of hydrogen-bond acceptors (Lipinski definition) is 3. The molecule has 0 aliphatic carbocycles. The number of carbonyl (C=O) groups is 1. The lowest BCUT2D eigenvalue weighted by Crippen LogP contribution is -2.25. The summed E-state index contributed by atoms with van der Waals surface area (Å²) in [6.45, 7) is 1.73. The molecule has 0 radical (unpaired) electrons. The van der Waals surface area contributed by atoms with Crippen molar-refractivity contribution in [2.24, 2.45) is 5.10 Å². The fourth-order valence-corrected chi connectivity index (χ4v) is 1.74. The molecule has 2 rings (SSSR count). The van der Waals surface area contributed by atoms with Gasteiger partial charge in [0.25, 0.3) is 5.91 Å². The summed E-state index contributed by atoms with van der Waals surface area (Å²) in [5, 5.41) is 3.99. The van der Waals surface area contributed by atoms with E-state index >= 15 is 0 Å². The molecule has 0 saturated carbocycles. The van der Waals surface area contributed by atoms with E-state index < -0.39 is 0 Å². The number of nitrogens with zero attached hydrogens (tertiary/aromatic N) is 1. The molecular weight excluding hydrogens is 322 g/mol. The van der Waals surface area contributed by atoms with Gasteiger partial charge >= 0.3 is 0 Å². The highest BCUT2D eigenvalue weighted by molar-refractivity contribution is 9.10. The van der Waals surface area contributed by atoms with Gasteiger partial charge in [0.15, 0.2) is 6.61 Å². The van der Waals surface area contributed by atoms with E-state index in [-0.39, 0.29) is 12.5 Å². The van der Waals surface area contributed by atoms with Gasteiger partial charge in [0.2, 0.25) is 0 Å². The maximum Gasteiger partial charge on any atom is 0.277 e. The van der Waals surface area contributed by atoms with Crippen molar-refractivity contribution in [1.82, 2.24) is 10.4 Å². The molecule has 2 N–H and O–H groups in total. The van der Waals surface area contributed by atoms with Crippen molar-refractivity contribution in [2.75, 3.05) is 6.61 Å². The number of amides is 1. The Bertz CT molecular complexity index is 591. The zero-order valence-corrected chi connectivity index (χ0v) is 12.5. The Morgan fingerprint density at radius 2 is 2.10 bits per heavy atom. The first-order valence-electron chi connectivity index (χ1n) is 6.00. The van der Waals surface area contributed by atoms with Crippen LogP contribution in [0, 0.1) is 0 Å². The van der Waals surface area contributed by atoms with E-state index in [1.807, 2.05) is 31.2 Å². The lowest BCUT2D eigenvalue weighted by molar-refractivity contribution is -0.123. The molecule has 0 atom stereocenters. The summed E-state index contributed by atoms with van der Waals surface area (Å²) >= 11 is 3.33. The molecule has 6 heteroatoms. The number of ether oxygens (including phenoxy) is 1. The molecule has 0 fully saturated rings. The average Bonchev–Trinajstić information content (AvgIpc) is 2.98. The van der Waals surface area contributed by atoms with Crippen LogP contribution in [0.5, 0.6) is 5.75 Å². The number of H-pyrrole nitrogens is 1. The van der Waals surface area contributed by atoms with E-state index in [1.54, 1.807) is 18.3 Å². The zero-order chi connectivity index (χ0) is 14.4. The number of halogens is 1. The zero-order valence-electron chi connectivity index (χ0n) is 10.9. The largest absolute Gasteiger partial charge is 0.484 e. The molecule has 2 aromatic rings. The van der Waals surface area contributed by atoms with Gasteiger partial charge in [-0.1, -0.05) is 15.9 Å². The third-order valence-electron chi connectivity index (χ3n) is 2.52. The number of rotatable bonds is 5. The van der Waals surface area contributed by atoms with Crippen LogP contribution in [0.4, 0.5) is 0 Å². The third-order valence-corrected chi connectivity index (χ3v) is 3.05. The van der Waals surface area contributed by atoms with Crippen LogP contribution in [0.2, 0.25) is 0 Å². The quantitative estimate of drug-likeness (QED) is 0.651. The van der Waals surface area contributed by atoms with Crippen LogP contribution in [0.1, 0.15) is 12.6 Å². The molecule has 0 saturated heterocycles. The van der Waals surface area contributed by atoms with Crippen LogP contribution in [-0.4, -0.2) is 23.2 Å². The monoisotopic (exact) mass is 335 g/mol. The number of carbonyl (C=O) groups excluding carboxylic acids is 1. The molecular formula is C14H14BrN3O2. The SMILES string of the molecule is C/C(=N\NC(=O)COc1ccc(Br)cc1)c1ccc[nH]1. The number of benzene rings is 1. The fraction of sp³-hybridized carbons (Fsp3) is 0.143. The van der Waals surface area contributed by atoms with E-state index in [2.05, 4.69) is 31.4 Å². The number of hydrogen-bond donors (Lipinski definition) is 2. The molecule has 0 aliphatic heterocycles. The van der Waals surface area contributed by atoms with Crippen LogP contribution >= 0.6 is 15.9 Å². The van der Waals surface area contributed by atoms with Gasteiger partial charge < -0.3 is 9.72 Å². The second-order valence-electron chi connectivity index (χ2n) is 4.06. The van der Waals surface area contributed by atoms with Crippen molar-refractivity contribution in [3.8, 4) is 5.75 Å². The smallest absolute Gasteiger partial charge is 0.277 e. The predicted octanol–water partition coefficient (Wildman–Crippen LogP) is 2.70. The maximum absolute atomic E-state index is 11.6. The van der Waals surface area contributed by atoms with Gasteiger partial charge in [-0.05, 0) is 43.3 Å². The van der Waals surface area contributed by atoms with Crippen LogP contribution < -0.4 is 10.2 Å². The van der Waals surface area contributed by atoms with Gasteiger partial charge in [0.1, 0.15) is 5.75 Å². The topological polar surface area (TPSA) is 66.5 Å². The average molecular weight is 336 g/mol. The lowest BCUT2D eigenvalue weighted by atomic mass is 10.3. The molecule has 5 nitrogen and oxygen atoms in total. The van der Waals surface area contributed by atoms with E-state index in [1.165, 1.54) is 0 Å². The Kier molecular flexibility index (Phi) is 4.95. The minimum absolute atomic E-state index is 0.0802. The second kappa shape index (κ2) is 6.91. The number of aromatic nitrogens is 1. The normalized spacial score (nSPS) is 11.2. The Morgan fingerprint density at radius 1 is 1.35 bits per heavy atom. The second-order valence-corrected chi connectivity index (χ2v) is 4.97. The van der Waals surface area contributed by atoms with Crippen LogP contribution in [0.3, 0.4) is 0 Å². The summed E-state index contributed by atoms with van der Waals surface area (Å²) < 4.78 is 6.29. The van der Waals surface area contributed by atoms with E-state index in [4.69, 9.17) is 4.74 Å². The van der Waals surface area contributed by atoms with Crippen molar-refractivity contribution < 1.29 is 9.53 Å². The van der Waals surface area contributed by atoms with Crippen molar-refractivity contribution in [1.29, 1.82) is 0 Å². The van der Waals surface area contributed by atoms with Gasteiger partial charge in [-0.2, -0.15) is 5.10 Å². The minimum atomic E-state index is -0.307. The first-order chi connectivity index (χ1) is 9.65. The Balaban J connectivity index is 1.81. The van der Waals surface area contributed by atoms with Crippen molar-refractivity contribution in [2.45, 2.75) is 6.92 Å². The molecule has 0 bridgehead atoms. The van der Waals surface area contributed by atoms with Gasteiger partial charge in [-0.3, -0.25) is 4.79 Å². The Hall–Kier alpha value is -2.08. The summed E-state index contributed by atoms with van der Waals surface area (Å²) in [4.78, 5) is 14.6. The summed E-state index contributed by atoms with van der Waals surface area (Å²) in [6, 6.07) is 11.0. The molecule has 1 aromatic heterocycles. The standard InChI is InChI=1S/C14H14BrN3O2/c1-10(13-3-2-8-16-13)17-18-14(19)9-20-12-6-4-11(15)5-7-12/h2-8,16H,9H2,1H3,(H,18,19)/b17-10+. The Morgan fingerprint density at radius 3 is 2.75 bits per heavy atom. The van der Waals surface area contributed by atoms with Crippen molar-refractivity contribution in [3.63, 3.8) is 0 Å². The van der Waals surface area contributed by atoms with Crippen LogP contribution in [0.25, 0.3) is 0 Å². The van der Waals surface area contributed by atoms with Gasteiger partial charge in [0, 0.05) is 10.7 Å². The molecule has 0 unspecified atom stereocenters. The lowest BCUT2D eigenvalue weighted by Gasteiger charge is -2.05. The Labute approximate surface area is 125 Å². The predicted molar refractivity (Wildman–Crippen MR) is 80.8 cm³/mol. The number of nitrogens with one attached hydrogen (secondary N) is 2. The van der Waals surface area contributed by atoms with Crippen molar-refractivity contribution >= 4 is 27.5 Å². The molecule has 1 aromatic carbocycles. The molecule has 0 spiro atoms. The minimum Gasteiger partial charge on any atom is -0.484 e. The van der Waals surface area contributed by atoms with E-state index in [0.717, 1.165) is 10.2 Å². The molecule has 104 valence electrons. The number of hydrazone groups is 1. The van der Waals surface area contributed by atoms with E-state index in [9.17, 15) is 4.79 Å². The van der Waals surface area contributed by atoms with Crippen LogP contribution in [-0.2, 0) is 4.79 Å². The first-order valence-corrected chi connectivity index (χ1v) is 6.80. The number of aromatic amines is 1. The third kappa shape index (κ3) is 4.24. The van der Waals surface area contributed by atoms with E-state index in [0.29, 0.717) is 11.5 Å². The van der Waals surface area contributed by atoms with Gasteiger partial charge in [0.05, 0.1) is 11.4 Å². The maximum atomic E-state index is 11.6. The van der Waals surface area contributed by atoms with Crippen molar-refractivity contribution in [3.05, 3.63) is 52.8 Å². The van der Waals surface area contributed by atoms with Crippen LogP contribution in [0.15, 0.2) is 52.2 Å². The highest BCUT2D eigenvalue weighted by Gasteiger charge is 2.03. The summed E-state index contributed by atoms with van der Waals surface area (Å²) in [5.74, 6) is 0.326. The highest BCUT2D eigenvalue weighted by Crippen LogP contribution is 2.15. The molecule has 1 amide bonds. The van der Waals surface area contributed by atoms with Gasteiger partial charge in [-0.15, -0.1) is 0 Å².